The molecule has 4 nitrogen and oxygen atoms in total. The summed E-state index contributed by atoms with van der Waals surface area (Å²) in [5.74, 6) is -0.738. The van der Waals surface area contributed by atoms with E-state index in [1.54, 1.807) is 12.1 Å². The van der Waals surface area contributed by atoms with Crippen molar-refractivity contribution in [1.82, 2.24) is 5.32 Å². The zero-order valence-corrected chi connectivity index (χ0v) is 13.4. The predicted molar refractivity (Wildman–Crippen MR) is 83.8 cm³/mol. The molecule has 116 valence electrons. The van der Waals surface area contributed by atoms with Gasteiger partial charge in [-0.15, -0.1) is 0 Å². The van der Waals surface area contributed by atoms with Crippen LogP contribution in [0.1, 0.15) is 31.7 Å². The fourth-order valence-electron chi connectivity index (χ4n) is 1.82. The Morgan fingerprint density at radius 2 is 2.00 bits per heavy atom. The summed E-state index contributed by atoms with van der Waals surface area (Å²) in [7, 11) is 0. The zero-order valence-electron chi connectivity index (χ0n) is 11.9. The highest BCUT2D eigenvalue weighted by atomic mass is 35.5. The number of carboxylic acid groups (broad SMARTS) is 1. The van der Waals surface area contributed by atoms with Gasteiger partial charge in [-0.2, -0.15) is 0 Å². The maximum atomic E-state index is 11.7. The third-order valence-corrected chi connectivity index (χ3v) is 3.72. The Hall–Kier alpha value is -1.26. The lowest BCUT2D eigenvalue weighted by Gasteiger charge is -2.11. The third kappa shape index (κ3) is 7.34. The molecule has 0 aliphatic carbocycles. The largest absolute Gasteiger partial charge is 0.481 e. The third-order valence-electron chi connectivity index (χ3n) is 3.14. The van der Waals surface area contributed by atoms with Gasteiger partial charge in [0.2, 0.25) is 5.91 Å². The average Bonchev–Trinajstić information content (AvgIpc) is 2.41. The van der Waals surface area contributed by atoms with E-state index in [-0.39, 0.29) is 18.2 Å². The summed E-state index contributed by atoms with van der Waals surface area (Å²) >= 11 is 11.9. The smallest absolute Gasteiger partial charge is 0.303 e. The molecule has 21 heavy (non-hydrogen) atoms. The van der Waals surface area contributed by atoms with Crippen molar-refractivity contribution in [3.63, 3.8) is 0 Å². The van der Waals surface area contributed by atoms with E-state index >= 15 is 0 Å². The quantitative estimate of drug-likeness (QED) is 0.765. The van der Waals surface area contributed by atoms with Crippen LogP contribution in [0.15, 0.2) is 18.2 Å². The molecule has 1 rings (SSSR count). The second kappa shape index (κ2) is 8.90. The Labute approximate surface area is 134 Å². The standard InChI is InChI=1S/C15H19Cl2NO3/c1-10(2-7-15(20)21)9-18-14(19)6-4-11-3-5-12(16)8-13(11)17/h3,5,8,10H,2,4,6-7,9H2,1H3,(H,18,19)(H,20,21). The molecule has 0 aliphatic heterocycles. The van der Waals surface area contributed by atoms with Crippen molar-refractivity contribution in [3.8, 4) is 0 Å². The molecular formula is C15H19Cl2NO3. The van der Waals surface area contributed by atoms with Crippen molar-refractivity contribution in [2.45, 2.75) is 32.6 Å². The summed E-state index contributed by atoms with van der Waals surface area (Å²) in [5.41, 5.74) is 0.884. The summed E-state index contributed by atoms with van der Waals surface area (Å²) in [6.07, 6.45) is 1.56. The van der Waals surface area contributed by atoms with Crippen LogP contribution in [0.3, 0.4) is 0 Å². The Kier molecular flexibility index (Phi) is 7.54. The lowest BCUT2D eigenvalue weighted by atomic mass is 10.1. The number of amides is 1. The van der Waals surface area contributed by atoms with Crippen molar-refractivity contribution in [1.29, 1.82) is 0 Å². The first kappa shape index (κ1) is 17.8. The van der Waals surface area contributed by atoms with Gasteiger partial charge in [-0.05, 0) is 36.5 Å². The minimum atomic E-state index is -0.814. The number of aryl methyl sites for hydroxylation is 1. The number of hydrogen-bond donors (Lipinski definition) is 2. The molecule has 0 saturated heterocycles. The van der Waals surface area contributed by atoms with Gasteiger partial charge in [0.05, 0.1) is 0 Å². The van der Waals surface area contributed by atoms with Gasteiger partial charge >= 0.3 is 5.97 Å². The van der Waals surface area contributed by atoms with Crippen molar-refractivity contribution < 1.29 is 14.7 Å². The predicted octanol–water partition coefficient (Wildman–Crippen LogP) is 3.54. The summed E-state index contributed by atoms with van der Waals surface area (Å²) < 4.78 is 0. The molecule has 0 radical (unpaired) electrons. The molecule has 1 aromatic carbocycles. The van der Waals surface area contributed by atoms with Gasteiger partial charge in [0.15, 0.2) is 0 Å². The monoisotopic (exact) mass is 331 g/mol. The minimum Gasteiger partial charge on any atom is -0.481 e. The summed E-state index contributed by atoms with van der Waals surface area (Å²) in [5, 5.41) is 12.5. The maximum Gasteiger partial charge on any atom is 0.303 e. The number of rotatable bonds is 8. The highest BCUT2D eigenvalue weighted by molar-refractivity contribution is 6.35. The van der Waals surface area contributed by atoms with Crippen molar-refractivity contribution in [2.75, 3.05) is 6.54 Å². The first-order valence-electron chi connectivity index (χ1n) is 6.81. The molecule has 2 N–H and O–H groups in total. The van der Waals surface area contributed by atoms with E-state index in [0.29, 0.717) is 35.9 Å². The van der Waals surface area contributed by atoms with Crippen molar-refractivity contribution in [3.05, 3.63) is 33.8 Å². The summed E-state index contributed by atoms with van der Waals surface area (Å²) in [4.78, 5) is 22.2. The van der Waals surface area contributed by atoms with Crippen LogP contribution < -0.4 is 5.32 Å². The van der Waals surface area contributed by atoms with Crippen LogP contribution in [-0.2, 0) is 16.0 Å². The number of aliphatic carboxylic acids is 1. The molecule has 0 saturated carbocycles. The Balaban J connectivity index is 2.29. The molecule has 0 fully saturated rings. The lowest BCUT2D eigenvalue weighted by Crippen LogP contribution is -2.28. The number of halogens is 2. The Morgan fingerprint density at radius 1 is 1.29 bits per heavy atom. The maximum absolute atomic E-state index is 11.7. The van der Waals surface area contributed by atoms with Crippen LogP contribution >= 0.6 is 23.2 Å². The Bertz CT molecular complexity index is 506. The molecule has 1 atom stereocenters. The molecule has 0 aromatic heterocycles. The molecule has 6 heteroatoms. The zero-order chi connectivity index (χ0) is 15.8. The number of carboxylic acids is 1. The van der Waals surface area contributed by atoms with E-state index in [0.717, 1.165) is 5.56 Å². The second-order valence-corrected chi connectivity index (χ2v) is 5.92. The van der Waals surface area contributed by atoms with E-state index in [1.165, 1.54) is 0 Å². The molecule has 1 unspecified atom stereocenters. The van der Waals surface area contributed by atoms with E-state index in [4.69, 9.17) is 28.3 Å². The summed E-state index contributed by atoms with van der Waals surface area (Å²) in [6.45, 7) is 2.40. The molecular weight excluding hydrogens is 313 g/mol. The highest BCUT2D eigenvalue weighted by Crippen LogP contribution is 2.22. The molecule has 1 amide bonds. The van der Waals surface area contributed by atoms with Gasteiger partial charge in [0.25, 0.3) is 0 Å². The topological polar surface area (TPSA) is 66.4 Å². The van der Waals surface area contributed by atoms with Crippen LogP contribution in [0, 0.1) is 5.92 Å². The van der Waals surface area contributed by atoms with Gasteiger partial charge in [0.1, 0.15) is 0 Å². The van der Waals surface area contributed by atoms with Gasteiger partial charge in [-0.1, -0.05) is 36.2 Å². The van der Waals surface area contributed by atoms with Crippen LogP contribution in [0.2, 0.25) is 10.0 Å². The number of nitrogens with one attached hydrogen (secondary N) is 1. The van der Waals surface area contributed by atoms with Gasteiger partial charge in [0, 0.05) is 29.4 Å². The highest BCUT2D eigenvalue weighted by Gasteiger charge is 2.09. The van der Waals surface area contributed by atoms with Crippen molar-refractivity contribution in [2.24, 2.45) is 5.92 Å². The molecule has 0 aliphatic rings. The minimum absolute atomic E-state index is 0.0665. The van der Waals surface area contributed by atoms with Gasteiger partial charge < -0.3 is 10.4 Å². The van der Waals surface area contributed by atoms with Crippen LogP contribution in [0.25, 0.3) is 0 Å². The second-order valence-electron chi connectivity index (χ2n) is 5.08. The van der Waals surface area contributed by atoms with E-state index in [1.807, 2.05) is 13.0 Å². The fraction of sp³-hybridized carbons (Fsp3) is 0.467. The normalized spacial score (nSPS) is 12.0. The molecule has 0 bridgehead atoms. The first-order valence-corrected chi connectivity index (χ1v) is 7.56. The fourth-order valence-corrected chi connectivity index (χ4v) is 2.32. The lowest BCUT2D eigenvalue weighted by molar-refractivity contribution is -0.137. The molecule has 0 spiro atoms. The van der Waals surface area contributed by atoms with E-state index in [2.05, 4.69) is 5.32 Å². The van der Waals surface area contributed by atoms with Crippen molar-refractivity contribution >= 4 is 35.1 Å². The Morgan fingerprint density at radius 3 is 2.62 bits per heavy atom. The first-order chi connectivity index (χ1) is 9.88. The number of benzene rings is 1. The van der Waals surface area contributed by atoms with Gasteiger partial charge in [-0.3, -0.25) is 9.59 Å². The molecule has 1 aromatic rings. The molecule has 0 heterocycles. The van der Waals surface area contributed by atoms with E-state index in [9.17, 15) is 9.59 Å². The number of hydrogen-bond acceptors (Lipinski definition) is 2. The summed E-state index contributed by atoms with van der Waals surface area (Å²) in [6, 6.07) is 5.21. The van der Waals surface area contributed by atoms with Crippen LogP contribution in [0.4, 0.5) is 0 Å². The average molecular weight is 332 g/mol. The van der Waals surface area contributed by atoms with Crippen LogP contribution in [0.5, 0.6) is 0 Å². The van der Waals surface area contributed by atoms with Gasteiger partial charge in [-0.25, -0.2) is 0 Å². The van der Waals surface area contributed by atoms with Crippen LogP contribution in [-0.4, -0.2) is 23.5 Å². The number of carbonyl (C=O) groups is 2. The SMILES string of the molecule is CC(CCC(=O)O)CNC(=O)CCc1ccc(Cl)cc1Cl. The van der Waals surface area contributed by atoms with E-state index < -0.39 is 5.97 Å². The number of carbonyl (C=O) groups excluding carboxylic acids is 1.